The van der Waals surface area contributed by atoms with Crippen molar-refractivity contribution < 1.29 is 4.79 Å². The molecule has 116 valence electrons. The summed E-state index contributed by atoms with van der Waals surface area (Å²) < 4.78 is 0. The predicted octanol–water partition coefficient (Wildman–Crippen LogP) is 3.34. The number of hydrogen-bond donors (Lipinski definition) is 1. The van der Waals surface area contributed by atoms with Crippen LogP contribution in [0.4, 0.5) is 0 Å². The highest BCUT2D eigenvalue weighted by Crippen LogP contribution is 2.29. The molecule has 1 atom stereocenters. The van der Waals surface area contributed by atoms with Gasteiger partial charge in [-0.1, -0.05) is 32.6 Å². The molecule has 2 rings (SSSR count). The zero-order chi connectivity index (χ0) is 14.2. The molecule has 3 heteroatoms. The Kier molecular flexibility index (Phi) is 6.85. The van der Waals surface area contributed by atoms with Gasteiger partial charge in [0, 0.05) is 19.0 Å². The van der Waals surface area contributed by atoms with Crippen molar-refractivity contribution >= 4 is 5.91 Å². The van der Waals surface area contributed by atoms with Crippen molar-refractivity contribution in [2.45, 2.75) is 77.2 Å². The molecule has 1 saturated heterocycles. The van der Waals surface area contributed by atoms with Gasteiger partial charge in [-0.2, -0.15) is 0 Å². The first-order valence-corrected chi connectivity index (χ1v) is 8.81. The number of unbranched alkanes of at least 4 members (excludes halogenated alkanes) is 4. The van der Waals surface area contributed by atoms with Gasteiger partial charge in [0.15, 0.2) is 0 Å². The molecular formula is C17H32N2O. The van der Waals surface area contributed by atoms with Crippen LogP contribution in [0.25, 0.3) is 0 Å². The number of carbonyl (C=O) groups is 1. The summed E-state index contributed by atoms with van der Waals surface area (Å²) in [6, 6.07) is 0.583. The van der Waals surface area contributed by atoms with Gasteiger partial charge in [-0.25, -0.2) is 0 Å². The van der Waals surface area contributed by atoms with Crippen LogP contribution in [0.3, 0.4) is 0 Å². The first-order valence-electron chi connectivity index (χ1n) is 8.81. The Morgan fingerprint density at radius 2 is 1.95 bits per heavy atom. The largest absolute Gasteiger partial charge is 0.339 e. The zero-order valence-electron chi connectivity index (χ0n) is 13.2. The molecule has 0 bridgehead atoms. The molecule has 1 aliphatic heterocycles. The van der Waals surface area contributed by atoms with Crippen LogP contribution in [0, 0.1) is 5.92 Å². The van der Waals surface area contributed by atoms with Crippen LogP contribution in [0.1, 0.15) is 71.1 Å². The summed E-state index contributed by atoms with van der Waals surface area (Å²) in [6.07, 6.45) is 12.0. The zero-order valence-corrected chi connectivity index (χ0v) is 13.2. The van der Waals surface area contributed by atoms with E-state index in [1.54, 1.807) is 0 Å². The third kappa shape index (κ3) is 5.43. The van der Waals surface area contributed by atoms with Gasteiger partial charge in [0.2, 0.25) is 5.91 Å². The molecule has 0 radical (unpaired) electrons. The summed E-state index contributed by atoms with van der Waals surface area (Å²) in [5.74, 6) is 1.11. The minimum absolute atomic E-state index is 0.426. The maximum absolute atomic E-state index is 12.4. The molecule has 2 fully saturated rings. The molecule has 2 aliphatic rings. The minimum Gasteiger partial charge on any atom is -0.339 e. The van der Waals surface area contributed by atoms with Gasteiger partial charge in [0.05, 0.1) is 0 Å². The molecule has 20 heavy (non-hydrogen) atoms. The van der Waals surface area contributed by atoms with Gasteiger partial charge in [-0.15, -0.1) is 0 Å². The van der Waals surface area contributed by atoms with Gasteiger partial charge < -0.3 is 10.2 Å². The van der Waals surface area contributed by atoms with Crippen LogP contribution in [0.2, 0.25) is 0 Å². The monoisotopic (exact) mass is 280 g/mol. The van der Waals surface area contributed by atoms with Crippen LogP contribution in [0.5, 0.6) is 0 Å². The molecule has 0 aromatic carbocycles. The summed E-state index contributed by atoms with van der Waals surface area (Å²) in [5.41, 5.74) is 0. The average Bonchev–Trinajstić information content (AvgIpc) is 3.30. The Hall–Kier alpha value is -0.570. The lowest BCUT2D eigenvalue weighted by Gasteiger charge is -2.30. The van der Waals surface area contributed by atoms with E-state index in [0.29, 0.717) is 17.9 Å². The van der Waals surface area contributed by atoms with Crippen LogP contribution in [0.15, 0.2) is 0 Å². The third-order valence-corrected chi connectivity index (χ3v) is 4.66. The second-order valence-electron chi connectivity index (χ2n) is 6.65. The van der Waals surface area contributed by atoms with Crippen LogP contribution in [-0.2, 0) is 4.79 Å². The normalized spacial score (nSPS) is 22.8. The number of carbonyl (C=O) groups excluding carboxylic acids is 1. The number of rotatable bonds is 9. The predicted molar refractivity (Wildman–Crippen MR) is 83.7 cm³/mol. The van der Waals surface area contributed by atoms with E-state index in [0.717, 1.165) is 32.5 Å². The van der Waals surface area contributed by atoms with Crippen molar-refractivity contribution in [3.8, 4) is 0 Å². The topological polar surface area (TPSA) is 32.3 Å². The fourth-order valence-electron chi connectivity index (χ4n) is 3.22. The van der Waals surface area contributed by atoms with Crippen LogP contribution in [-0.4, -0.2) is 36.5 Å². The molecule has 1 saturated carbocycles. The van der Waals surface area contributed by atoms with E-state index in [9.17, 15) is 4.79 Å². The summed E-state index contributed by atoms with van der Waals surface area (Å²) >= 11 is 0. The van der Waals surface area contributed by atoms with Crippen molar-refractivity contribution in [2.75, 3.05) is 19.6 Å². The molecule has 0 aromatic rings. The summed E-state index contributed by atoms with van der Waals surface area (Å²) in [6.45, 7) is 5.50. The summed E-state index contributed by atoms with van der Waals surface area (Å²) in [5, 5.41) is 3.47. The fraction of sp³-hybridized carbons (Fsp3) is 0.941. The Labute approximate surface area is 124 Å². The molecular weight excluding hydrogens is 248 g/mol. The molecule has 1 unspecified atom stereocenters. The highest BCUT2D eigenvalue weighted by atomic mass is 16.2. The second kappa shape index (κ2) is 8.66. The number of piperidine rings is 1. The number of nitrogens with one attached hydrogen (secondary N) is 1. The van der Waals surface area contributed by atoms with E-state index in [1.165, 1.54) is 51.4 Å². The Morgan fingerprint density at radius 1 is 1.15 bits per heavy atom. The lowest BCUT2D eigenvalue weighted by molar-refractivity contribution is -0.132. The first kappa shape index (κ1) is 15.8. The lowest BCUT2D eigenvalue weighted by Crippen LogP contribution is -2.42. The molecule has 1 aliphatic carbocycles. The third-order valence-electron chi connectivity index (χ3n) is 4.66. The van der Waals surface area contributed by atoms with Gasteiger partial charge in [0.25, 0.3) is 0 Å². The minimum atomic E-state index is 0.426. The van der Waals surface area contributed by atoms with Crippen molar-refractivity contribution in [2.24, 2.45) is 5.92 Å². The van der Waals surface area contributed by atoms with E-state index >= 15 is 0 Å². The van der Waals surface area contributed by atoms with Gasteiger partial charge in [-0.05, 0) is 51.1 Å². The Morgan fingerprint density at radius 3 is 2.60 bits per heavy atom. The standard InChI is InChI=1S/C17H32N2O/c1-2-3-4-5-6-9-17(20)19(16-10-11-16)14-15-8-7-12-18-13-15/h15-16,18H,2-14H2,1H3. The quantitative estimate of drug-likeness (QED) is 0.657. The molecule has 3 nitrogen and oxygen atoms in total. The van der Waals surface area contributed by atoms with Crippen molar-refractivity contribution in [3.05, 3.63) is 0 Å². The Balaban J connectivity index is 1.68. The van der Waals surface area contributed by atoms with E-state index in [-0.39, 0.29) is 0 Å². The average molecular weight is 280 g/mol. The SMILES string of the molecule is CCCCCCCC(=O)N(CC1CCCNC1)C1CC1. The fourth-order valence-corrected chi connectivity index (χ4v) is 3.22. The Bertz CT molecular complexity index is 283. The molecule has 0 spiro atoms. The van der Waals surface area contributed by atoms with Crippen LogP contribution >= 0.6 is 0 Å². The van der Waals surface area contributed by atoms with E-state index in [2.05, 4.69) is 17.1 Å². The van der Waals surface area contributed by atoms with E-state index in [4.69, 9.17) is 0 Å². The first-order chi connectivity index (χ1) is 9.81. The highest BCUT2D eigenvalue weighted by Gasteiger charge is 2.33. The number of hydrogen-bond acceptors (Lipinski definition) is 2. The highest BCUT2D eigenvalue weighted by molar-refractivity contribution is 5.76. The second-order valence-corrected chi connectivity index (χ2v) is 6.65. The summed E-state index contributed by atoms with van der Waals surface area (Å²) in [7, 11) is 0. The summed E-state index contributed by atoms with van der Waals surface area (Å²) in [4.78, 5) is 14.7. The molecule has 0 aromatic heterocycles. The lowest BCUT2D eigenvalue weighted by atomic mass is 9.98. The van der Waals surface area contributed by atoms with Gasteiger partial charge >= 0.3 is 0 Å². The molecule has 1 amide bonds. The van der Waals surface area contributed by atoms with Crippen molar-refractivity contribution in [3.63, 3.8) is 0 Å². The molecule has 1 heterocycles. The van der Waals surface area contributed by atoms with Crippen LogP contribution < -0.4 is 5.32 Å². The van der Waals surface area contributed by atoms with E-state index in [1.807, 2.05) is 0 Å². The molecule has 1 N–H and O–H groups in total. The number of nitrogens with zero attached hydrogens (tertiary/aromatic N) is 1. The van der Waals surface area contributed by atoms with E-state index < -0.39 is 0 Å². The maximum Gasteiger partial charge on any atom is 0.222 e. The van der Waals surface area contributed by atoms with Gasteiger partial charge in [-0.3, -0.25) is 4.79 Å². The van der Waals surface area contributed by atoms with Crippen molar-refractivity contribution in [1.82, 2.24) is 10.2 Å². The van der Waals surface area contributed by atoms with Gasteiger partial charge in [0.1, 0.15) is 0 Å². The van der Waals surface area contributed by atoms with Crippen molar-refractivity contribution in [1.29, 1.82) is 0 Å². The smallest absolute Gasteiger partial charge is 0.222 e. The number of amides is 1. The maximum atomic E-state index is 12.4.